The second-order valence-electron chi connectivity index (χ2n) is 7.58. The molecule has 0 saturated heterocycles. The molecular weight excluding hydrogens is 448 g/mol. The van der Waals surface area contributed by atoms with Crippen LogP contribution in [0.4, 0.5) is 16.2 Å². The number of rotatable bonds is 7. The van der Waals surface area contributed by atoms with E-state index in [9.17, 15) is 14.4 Å². The summed E-state index contributed by atoms with van der Waals surface area (Å²) in [4.78, 5) is 36.7. The zero-order valence-corrected chi connectivity index (χ0v) is 19.0. The molecule has 4 rings (SSSR count). The normalized spacial score (nSPS) is 13.4. The van der Waals surface area contributed by atoms with E-state index in [1.165, 1.54) is 7.11 Å². The number of hydrogen-bond acceptors (Lipinski definition) is 7. The van der Waals surface area contributed by atoms with E-state index in [0.717, 1.165) is 5.56 Å². The maximum absolute atomic E-state index is 13.1. The molecule has 0 aliphatic carbocycles. The maximum atomic E-state index is 13.1. The van der Waals surface area contributed by atoms with E-state index in [1.54, 1.807) is 42.5 Å². The molecule has 0 radical (unpaired) electrons. The van der Waals surface area contributed by atoms with Crippen LogP contribution < -0.4 is 26.4 Å². The van der Waals surface area contributed by atoms with Crippen molar-refractivity contribution in [1.82, 2.24) is 5.32 Å². The monoisotopic (exact) mass is 472 g/mol. The van der Waals surface area contributed by atoms with Crippen molar-refractivity contribution >= 4 is 40.6 Å². The Morgan fingerprint density at radius 2 is 1.71 bits per heavy atom. The van der Waals surface area contributed by atoms with Crippen LogP contribution in [0.15, 0.2) is 72.8 Å². The summed E-state index contributed by atoms with van der Waals surface area (Å²) in [6.45, 7) is 0.753. The van der Waals surface area contributed by atoms with Crippen molar-refractivity contribution in [2.45, 2.75) is 0 Å². The van der Waals surface area contributed by atoms with Crippen LogP contribution in [0.5, 0.6) is 5.75 Å². The molecule has 1 heterocycles. The van der Waals surface area contributed by atoms with E-state index in [-0.39, 0.29) is 17.6 Å². The average Bonchev–Trinajstić information content (AvgIpc) is 3.21. The van der Waals surface area contributed by atoms with Gasteiger partial charge in [-0.1, -0.05) is 30.3 Å². The predicted octanol–water partition coefficient (Wildman–Crippen LogP) is 3.45. The van der Waals surface area contributed by atoms with Gasteiger partial charge in [-0.25, -0.2) is 4.79 Å². The summed E-state index contributed by atoms with van der Waals surface area (Å²) < 4.78 is 9.59. The fourth-order valence-corrected chi connectivity index (χ4v) is 3.62. The van der Waals surface area contributed by atoms with Gasteiger partial charge < -0.3 is 31.2 Å². The highest BCUT2D eigenvalue weighted by Gasteiger charge is 2.29. The molecule has 3 aromatic rings. The number of benzene rings is 3. The van der Waals surface area contributed by atoms with Crippen molar-refractivity contribution in [1.29, 1.82) is 0 Å². The molecule has 0 atom stereocenters. The number of fused-ring (bicyclic) bond motifs is 1. The number of methoxy groups -OCH3 is 1. The highest BCUT2D eigenvalue weighted by Crippen LogP contribution is 2.39. The summed E-state index contributed by atoms with van der Waals surface area (Å²) in [5, 5.41) is 8.89. The number of hydrogen-bond donors (Lipinski definition) is 4. The van der Waals surface area contributed by atoms with E-state index >= 15 is 0 Å². The number of nitrogens with two attached hydrogens (primary N) is 1. The number of nitrogens with one attached hydrogen (secondary N) is 3. The summed E-state index contributed by atoms with van der Waals surface area (Å²) in [6, 6.07) is 21.2. The van der Waals surface area contributed by atoms with Crippen molar-refractivity contribution in [3.8, 4) is 5.75 Å². The topological polar surface area (TPSA) is 132 Å². The van der Waals surface area contributed by atoms with Crippen LogP contribution in [-0.4, -0.2) is 38.2 Å². The van der Waals surface area contributed by atoms with Crippen LogP contribution in [0.1, 0.15) is 21.5 Å². The van der Waals surface area contributed by atoms with Gasteiger partial charge in [0, 0.05) is 36.0 Å². The van der Waals surface area contributed by atoms with Crippen LogP contribution >= 0.6 is 0 Å². The lowest BCUT2D eigenvalue weighted by atomic mass is 10.00. The quantitative estimate of drug-likeness (QED) is 0.235. The van der Waals surface area contributed by atoms with Gasteiger partial charge in [0.2, 0.25) is 0 Å². The van der Waals surface area contributed by atoms with Crippen molar-refractivity contribution in [3.05, 3.63) is 89.5 Å². The summed E-state index contributed by atoms with van der Waals surface area (Å²) in [5.74, 6) is -0.271. The molecule has 1 aliphatic heterocycles. The molecule has 178 valence electrons. The van der Waals surface area contributed by atoms with E-state index in [0.29, 0.717) is 46.9 Å². The molecule has 0 unspecified atom stereocenters. The zero-order valence-electron chi connectivity index (χ0n) is 19.0. The Morgan fingerprint density at radius 1 is 0.971 bits per heavy atom. The number of carbonyl (C=O) groups excluding carboxylic acids is 3. The van der Waals surface area contributed by atoms with Crippen molar-refractivity contribution in [3.63, 3.8) is 0 Å². The fourth-order valence-electron chi connectivity index (χ4n) is 3.62. The Hall–Kier alpha value is -4.63. The first-order valence-corrected chi connectivity index (χ1v) is 10.9. The highest BCUT2D eigenvalue weighted by atomic mass is 16.7. The van der Waals surface area contributed by atoms with Gasteiger partial charge in [0.1, 0.15) is 5.75 Å². The minimum atomic E-state index is -0.850. The minimum absolute atomic E-state index is 0.210. The fraction of sp³-hybridized carbons (Fsp3) is 0.115. The zero-order chi connectivity index (χ0) is 24.8. The van der Waals surface area contributed by atoms with Gasteiger partial charge in [-0.3, -0.25) is 9.59 Å². The molecule has 0 aromatic heterocycles. The molecule has 2 amide bonds. The van der Waals surface area contributed by atoms with Gasteiger partial charge in [0.25, 0.3) is 11.8 Å². The number of carbonyl (C=O) groups is 3. The summed E-state index contributed by atoms with van der Waals surface area (Å²) in [7, 11) is 1.22. The summed E-state index contributed by atoms with van der Waals surface area (Å²) >= 11 is 0. The van der Waals surface area contributed by atoms with E-state index in [2.05, 4.69) is 20.7 Å². The Morgan fingerprint density at radius 3 is 2.40 bits per heavy atom. The smallest absolute Gasteiger partial charge is 0.437 e. The Balaban J connectivity index is 1.70. The standard InChI is InChI=1S/C26H24N4O5/c1-34-26(33)35-19-11-12-20-21(15-19)30-25(32)22(20)23(16-5-3-2-4-6-16)29-18-9-7-17(8-10-18)24(31)28-14-13-27/h2-12,15,29H,13-14,27H2,1H3,(H,28,31)(H,30,32)/b23-22-. The Bertz CT molecular complexity index is 1290. The highest BCUT2D eigenvalue weighted by molar-refractivity contribution is 6.37. The third kappa shape index (κ3) is 5.31. The molecule has 1 aliphatic rings. The molecule has 0 saturated carbocycles. The van der Waals surface area contributed by atoms with Crippen LogP contribution in [-0.2, 0) is 9.53 Å². The van der Waals surface area contributed by atoms with Gasteiger partial charge in [-0.15, -0.1) is 0 Å². The van der Waals surface area contributed by atoms with E-state index < -0.39 is 6.16 Å². The first-order chi connectivity index (χ1) is 17.0. The molecular formula is C26H24N4O5. The summed E-state index contributed by atoms with van der Waals surface area (Å²) in [6.07, 6.45) is -0.850. The minimum Gasteiger partial charge on any atom is -0.437 e. The van der Waals surface area contributed by atoms with E-state index in [4.69, 9.17) is 10.5 Å². The predicted molar refractivity (Wildman–Crippen MR) is 133 cm³/mol. The van der Waals surface area contributed by atoms with Crippen molar-refractivity contribution < 1.29 is 23.9 Å². The van der Waals surface area contributed by atoms with Gasteiger partial charge in [-0.2, -0.15) is 0 Å². The lowest BCUT2D eigenvalue weighted by Gasteiger charge is -2.15. The van der Waals surface area contributed by atoms with Crippen molar-refractivity contribution in [2.75, 3.05) is 30.8 Å². The molecule has 5 N–H and O–H groups in total. The first kappa shape index (κ1) is 23.5. The SMILES string of the molecule is COC(=O)Oc1ccc2c(c1)NC(=O)/C2=C(\Nc1ccc(C(=O)NCCN)cc1)c1ccccc1. The van der Waals surface area contributed by atoms with Crippen molar-refractivity contribution in [2.24, 2.45) is 5.73 Å². The first-order valence-electron chi connectivity index (χ1n) is 10.9. The Labute approximate surface area is 201 Å². The van der Waals surface area contributed by atoms with Crippen LogP contribution in [0.25, 0.3) is 11.3 Å². The molecule has 9 nitrogen and oxygen atoms in total. The molecule has 9 heteroatoms. The molecule has 0 spiro atoms. The summed E-state index contributed by atoms with van der Waals surface area (Å²) in [5.41, 5.74) is 9.60. The average molecular weight is 473 g/mol. The molecule has 35 heavy (non-hydrogen) atoms. The maximum Gasteiger partial charge on any atom is 0.513 e. The van der Waals surface area contributed by atoms with Gasteiger partial charge in [0.15, 0.2) is 0 Å². The van der Waals surface area contributed by atoms with Gasteiger partial charge >= 0.3 is 6.16 Å². The molecule has 0 fully saturated rings. The number of anilines is 2. The lowest BCUT2D eigenvalue weighted by molar-refractivity contribution is -0.110. The van der Waals surface area contributed by atoms with Gasteiger partial charge in [0.05, 0.1) is 24.1 Å². The second kappa shape index (κ2) is 10.5. The van der Waals surface area contributed by atoms with E-state index in [1.807, 2.05) is 30.3 Å². The molecule has 0 bridgehead atoms. The second-order valence-corrected chi connectivity index (χ2v) is 7.58. The number of ether oxygens (including phenoxy) is 2. The van der Waals surface area contributed by atoms with Crippen LogP contribution in [0.2, 0.25) is 0 Å². The number of amides is 2. The van der Waals surface area contributed by atoms with Crippen LogP contribution in [0, 0.1) is 0 Å². The third-order valence-electron chi connectivity index (χ3n) is 5.26. The third-order valence-corrected chi connectivity index (χ3v) is 5.26. The molecule has 3 aromatic carbocycles. The largest absolute Gasteiger partial charge is 0.513 e. The lowest BCUT2D eigenvalue weighted by Crippen LogP contribution is -2.28. The Kier molecular flexibility index (Phi) is 7.08. The van der Waals surface area contributed by atoms with Gasteiger partial charge in [-0.05, 0) is 42.0 Å². The van der Waals surface area contributed by atoms with Crippen LogP contribution in [0.3, 0.4) is 0 Å².